The van der Waals surface area contributed by atoms with E-state index in [0.29, 0.717) is 10.5 Å². The van der Waals surface area contributed by atoms with Crippen molar-refractivity contribution in [2.24, 2.45) is 0 Å². The molecule has 0 unspecified atom stereocenters. The molecule has 1 aromatic heterocycles. The van der Waals surface area contributed by atoms with Crippen molar-refractivity contribution >= 4 is 28.2 Å². The van der Waals surface area contributed by atoms with Crippen LogP contribution in [0.1, 0.15) is 0 Å². The van der Waals surface area contributed by atoms with Crippen LogP contribution in [0.4, 0.5) is 5.69 Å². The molecule has 0 radical (unpaired) electrons. The van der Waals surface area contributed by atoms with E-state index in [-0.39, 0.29) is 5.69 Å². The van der Waals surface area contributed by atoms with Crippen molar-refractivity contribution in [2.45, 2.75) is 0 Å². The molecule has 3 rings (SSSR count). The van der Waals surface area contributed by atoms with Gasteiger partial charge in [-0.25, -0.2) is 0 Å². The minimum absolute atomic E-state index is 0.0406. The average Bonchev–Trinajstić information content (AvgIpc) is 2.82. The lowest BCUT2D eigenvalue weighted by molar-refractivity contribution is -0.384. The van der Waals surface area contributed by atoms with Gasteiger partial charge >= 0.3 is 0 Å². The first-order valence-electron chi connectivity index (χ1n) is 5.53. The number of rotatable bonds is 2. The molecule has 3 aromatic rings. The van der Waals surface area contributed by atoms with E-state index in [1.807, 2.05) is 12.1 Å². The molecule has 0 fully saturated rings. The first-order chi connectivity index (χ1) is 9.15. The van der Waals surface area contributed by atoms with Crippen LogP contribution in [-0.2, 0) is 0 Å². The molecule has 0 aliphatic heterocycles. The Balaban J connectivity index is 2.15. The smallest absolute Gasteiger partial charge is 0.271 e. The zero-order valence-corrected chi connectivity index (χ0v) is 10.4. The molecule has 19 heavy (non-hydrogen) atoms. The minimum atomic E-state index is -0.428. The lowest BCUT2D eigenvalue weighted by atomic mass is 10.1. The van der Waals surface area contributed by atoms with Gasteiger partial charge < -0.3 is 0 Å². The highest BCUT2D eigenvalue weighted by atomic mass is 35.5. The van der Waals surface area contributed by atoms with E-state index in [1.54, 1.807) is 18.2 Å². The summed E-state index contributed by atoms with van der Waals surface area (Å²) in [5.74, 6) is 0. The van der Waals surface area contributed by atoms with Gasteiger partial charge in [0, 0.05) is 28.1 Å². The average molecular weight is 274 g/mol. The predicted octanol–water partition coefficient (Wildman–Crippen LogP) is 3.79. The number of nitro groups is 1. The Labute approximate surface area is 113 Å². The summed E-state index contributed by atoms with van der Waals surface area (Å²) in [6.07, 6.45) is 0. The van der Waals surface area contributed by atoms with Gasteiger partial charge in [-0.1, -0.05) is 23.7 Å². The minimum Gasteiger partial charge on any atom is -0.277 e. The number of benzene rings is 2. The number of aromatic amines is 1. The molecule has 5 nitrogen and oxygen atoms in total. The molecular formula is C13H8ClN3O2. The summed E-state index contributed by atoms with van der Waals surface area (Å²) in [7, 11) is 0. The van der Waals surface area contributed by atoms with Crippen LogP contribution in [0.2, 0.25) is 5.02 Å². The quantitative estimate of drug-likeness (QED) is 0.570. The highest BCUT2D eigenvalue weighted by Gasteiger charge is 2.12. The number of hydrogen-bond donors (Lipinski definition) is 1. The number of fused-ring (bicyclic) bond motifs is 1. The second-order valence-corrected chi connectivity index (χ2v) is 4.50. The van der Waals surface area contributed by atoms with Crippen molar-refractivity contribution in [3.63, 3.8) is 0 Å². The summed E-state index contributed by atoms with van der Waals surface area (Å²) in [6, 6.07) is 11.9. The van der Waals surface area contributed by atoms with Crippen molar-refractivity contribution < 1.29 is 4.92 Å². The van der Waals surface area contributed by atoms with E-state index >= 15 is 0 Å². The molecule has 0 aliphatic carbocycles. The normalized spacial score (nSPS) is 10.8. The van der Waals surface area contributed by atoms with Crippen LogP contribution in [0.3, 0.4) is 0 Å². The van der Waals surface area contributed by atoms with Gasteiger partial charge in [-0.3, -0.25) is 15.2 Å². The van der Waals surface area contributed by atoms with Crippen LogP contribution >= 0.6 is 11.6 Å². The van der Waals surface area contributed by atoms with E-state index < -0.39 is 4.92 Å². The van der Waals surface area contributed by atoms with E-state index in [4.69, 9.17) is 11.6 Å². The summed E-state index contributed by atoms with van der Waals surface area (Å²) >= 11 is 5.84. The Morgan fingerprint density at radius 1 is 1.16 bits per heavy atom. The maximum absolute atomic E-state index is 10.7. The van der Waals surface area contributed by atoms with Crippen LogP contribution < -0.4 is 0 Å². The fourth-order valence-corrected chi connectivity index (χ4v) is 2.07. The second kappa shape index (κ2) is 4.37. The fraction of sp³-hybridized carbons (Fsp3) is 0. The second-order valence-electron chi connectivity index (χ2n) is 4.07. The molecule has 0 atom stereocenters. The van der Waals surface area contributed by atoms with Crippen molar-refractivity contribution in [3.05, 3.63) is 57.6 Å². The largest absolute Gasteiger partial charge is 0.277 e. The lowest BCUT2D eigenvalue weighted by Crippen LogP contribution is -1.86. The fourth-order valence-electron chi connectivity index (χ4n) is 1.95. The predicted molar refractivity (Wildman–Crippen MR) is 73.2 cm³/mol. The number of halogens is 1. The monoisotopic (exact) mass is 273 g/mol. The molecular weight excluding hydrogens is 266 g/mol. The van der Waals surface area contributed by atoms with Crippen LogP contribution in [-0.4, -0.2) is 15.1 Å². The Bertz CT molecular complexity index is 765. The molecule has 1 N–H and O–H groups in total. The summed E-state index contributed by atoms with van der Waals surface area (Å²) in [5.41, 5.74) is 2.34. The number of nitrogens with zero attached hydrogens (tertiary/aromatic N) is 2. The zero-order chi connectivity index (χ0) is 13.4. The first-order valence-corrected chi connectivity index (χ1v) is 5.91. The molecule has 1 heterocycles. The molecule has 0 saturated heterocycles. The first kappa shape index (κ1) is 11.7. The van der Waals surface area contributed by atoms with Gasteiger partial charge in [0.2, 0.25) is 0 Å². The maximum Gasteiger partial charge on any atom is 0.271 e. The van der Waals surface area contributed by atoms with Gasteiger partial charge in [0.25, 0.3) is 5.69 Å². The van der Waals surface area contributed by atoms with Crippen LogP contribution in [0.15, 0.2) is 42.5 Å². The van der Waals surface area contributed by atoms with Gasteiger partial charge in [0.15, 0.2) is 0 Å². The molecule has 0 bridgehead atoms. The Morgan fingerprint density at radius 2 is 1.89 bits per heavy atom. The molecule has 0 saturated carbocycles. The zero-order valence-electron chi connectivity index (χ0n) is 9.63. The highest BCUT2D eigenvalue weighted by molar-refractivity contribution is 6.30. The summed E-state index contributed by atoms with van der Waals surface area (Å²) in [4.78, 5) is 10.3. The van der Waals surface area contributed by atoms with E-state index in [0.717, 1.165) is 16.6 Å². The Hall–Kier alpha value is -2.40. The maximum atomic E-state index is 10.7. The van der Waals surface area contributed by atoms with E-state index in [9.17, 15) is 10.1 Å². The Kier molecular flexibility index (Phi) is 2.68. The third-order valence-electron chi connectivity index (χ3n) is 2.87. The number of H-pyrrole nitrogens is 1. The van der Waals surface area contributed by atoms with Crippen LogP contribution in [0.25, 0.3) is 22.2 Å². The van der Waals surface area contributed by atoms with Gasteiger partial charge in [-0.05, 0) is 18.2 Å². The molecule has 0 amide bonds. The standard InChI is InChI=1S/C13H8ClN3O2/c14-9-3-1-8(2-4-9)13-11-6-5-10(17(18)19)7-12(11)15-16-13/h1-7H,(H,15,16). The molecule has 94 valence electrons. The van der Waals surface area contributed by atoms with Crippen molar-refractivity contribution in [2.75, 3.05) is 0 Å². The summed E-state index contributed by atoms with van der Waals surface area (Å²) < 4.78 is 0. The van der Waals surface area contributed by atoms with E-state index in [2.05, 4.69) is 10.2 Å². The molecule has 2 aromatic carbocycles. The number of hydrogen-bond acceptors (Lipinski definition) is 3. The van der Waals surface area contributed by atoms with E-state index in [1.165, 1.54) is 12.1 Å². The SMILES string of the molecule is O=[N+]([O-])c1ccc2c(-c3ccc(Cl)cc3)n[nH]c2c1. The third kappa shape index (κ3) is 2.04. The molecule has 0 spiro atoms. The topological polar surface area (TPSA) is 71.8 Å². The highest BCUT2D eigenvalue weighted by Crippen LogP contribution is 2.29. The van der Waals surface area contributed by atoms with Crippen molar-refractivity contribution in [3.8, 4) is 11.3 Å². The number of non-ortho nitro benzene ring substituents is 1. The Morgan fingerprint density at radius 3 is 2.58 bits per heavy atom. The summed E-state index contributed by atoms with van der Waals surface area (Å²) in [6.45, 7) is 0. The third-order valence-corrected chi connectivity index (χ3v) is 3.13. The molecule has 6 heteroatoms. The van der Waals surface area contributed by atoms with Gasteiger partial charge in [-0.2, -0.15) is 5.10 Å². The van der Waals surface area contributed by atoms with Gasteiger partial charge in [0.05, 0.1) is 16.1 Å². The van der Waals surface area contributed by atoms with Gasteiger partial charge in [-0.15, -0.1) is 0 Å². The van der Waals surface area contributed by atoms with Crippen LogP contribution in [0.5, 0.6) is 0 Å². The van der Waals surface area contributed by atoms with Crippen molar-refractivity contribution in [1.82, 2.24) is 10.2 Å². The van der Waals surface area contributed by atoms with Gasteiger partial charge in [0.1, 0.15) is 0 Å². The lowest BCUT2D eigenvalue weighted by Gasteiger charge is -1.98. The van der Waals surface area contributed by atoms with Crippen molar-refractivity contribution in [1.29, 1.82) is 0 Å². The summed E-state index contributed by atoms with van der Waals surface area (Å²) in [5, 5.41) is 19.2. The number of nitrogens with one attached hydrogen (secondary N) is 1. The molecule has 0 aliphatic rings. The number of aromatic nitrogens is 2. The van der Waals surface area contributed by atoms with Crippen LogP contribution in [0, 0.1) is 10.1 Å². The number of nitro benzene ring substituents is 1.